The van der Waals surface area contributed by atoms with Crippen LogP contribution in [0.2, 0.25) is 5.02 Å². The number of hydrogen-bond donors (Lipinski definition) is 2. The molecule has 0 aliphatic carbocycles. The number of ether oxygens (including phenoxy) is 4. The predicted octanol–water partition coefficient (Wildman–Crippen LogP) is 5.43. The molecule has 0 aromatic heterocycles. The normalized spacial score (nSPS) is 16.4. The molecule has 2 aliphatic heterocycles. The third-order valence-electron chi connectivity index (χ3n) is 8.33. The largest absolute Gasteiger partial charge is 0.493 e. The zero-order valence-electron chi connectivity index (χ0n) is 26.4. The standard InChI is InChI=1S/C32H38BrClN2O10/c1-16(31(39)40)9-24(37)35-13-19-11-22(43-4)23(12-20(19)14-35)45-7-6-8-46-30-28(34)26-18(3)36(25(38)10-17(2)32(41)42)15-21(26)27(33)29(30)44-5/h11-12,16-18H,6-10,13-15H2,1-5H3,(H,39,40)(H,41,42)/t16-,17-,18?/m0/s1. The Bertz CT molecular complexity index is 1530. The lowest BCUT2D eigenvalue weighted by Gasteiger charge is -2.23. The predicted molar refractivity (Wildman–Crippen MR) is 170 cm³/mol. The van der Waals surface area contributed by atoms with E-state index >= 15 is 0 Å². The van der Waals surface area contributed by atoms with E-state index in [0.717, 1.165) is 16.7 Å². The molecule has 3 atom stereocenters. The van der Waals surface area contributed by atoms with E-state index in [9.17, 15) is 24.3 Å². The van der Waals surface area contributed by atoms with Crippen molar-refractivity contribution in [3.63, 3.8) is 0 Å². The third kappa shape index (κ3) is 7.30. The van der Waals surface area contributed by atoms with Crippen molar-refractivity contribution in [1.82, 2.24) is 9.80 Å². The molecule has 2 N–H and O–H groups in total. The van der Waals surface area contributed by atoms with Crippen molar-refractivity contribution < 1.29 is 48.3 Å². The van der Waals surface area contributed by atoms with Crippen LogP contribution in [0.25, 0.3) is 0 Å². The van der Waals surface area contributed by atoms with Crippen LogP contribution in [-0.2, 0) is 38.8 Å². The van der Waals surface area contributed by atoms with E-state index in [0.29, 0.717) is 57.6 Å². The number of amides is 2. The number of nitrogens with zero attached hydrogens (tertiary/aromatic N) is 2. The first-order valence-corrected chi connectivity index (χ1v) is 16.0. The second kappa shape index (κ2) is 14.8. The van der Waals surface area contributed by atoms with Gasteiger partial charge in [-0.15, -0.1) is 0 Å². The Morgan fingerprint density at radius 2 is 1.46 bits per heavy atom. The van der Waals surface area contributed by atoms with Crippen molar-refractivity contribution in [2.24, 2.45) is 11.8 Å². The third-order valence-corrected chi connectivity index (χ3v) is 9.54. The molecular weight excluding hydrogens is 688 g/mol. The smallest absolute Gasteiger partial charge is 0.306 e. The molecule has 0 saturated heterocycles. The van der Waals surface area contributed by atoms with E-state index in [1.54, 1.807) is 9.80 Å². The first-order valence-electron chi connectivity index (χ1n) is 14.8. The van der Waals surface area contributed by atoms with E-state index < -0.39 is 29.8 Å². The lowest BCUT2D eigenvalue weighted by atomic mass is 10.0. The number of carbonyl (C=O) groups is 4. The molecule has 250 valence electrons. The number of benzene rings is 2. The van der Waals surface area contributed by atoms with E-state index in [2.05, 4.69) is 15.9 Å². The van der Waals surface area contributed by atoms with Crippen LogP contribution < -0.4 is 18.9 Å². The molecule has 0 radical (unpaired) electrons. The van der Waals surface area contributed by atoms with Gasteiger partial charge in [0.25, 0.3) is 0 Å². The minimum atomic E-state index is -1.03. The van der Waals surface area contributed by atoms with Crippen LogP contribution in [0.15, 0.2) is 16.6 Å². The van der Waals surface area contributed by atoms with Gasteiger partial charge in [-0.05, 0) is 51.7 Å². The number of fused-ring (bicyclic) bond motifs is 2. The molecule has 4 rings (SSSR count). The first-order chi connectivity index (χ1) is 21.8. The van der Waals surface area contributed by atoms with Gasteiger partial charge in [0.1, 0.15) is 0 Å². The maximum atomic E-state index is 13.0. The fourth-order valence-corrected chi connectivity index (χ4v) is 6.69. The van der Waals surface area contributed by atoms with Crippen molar-refractivity contribution in [2.75, 3.05) is 27.4 Å². The van der Waals surface area contributed by atoms with Gasteiger partial charge in [-0.3, -0.25) is 19.2 Å². The second-order valence-corrected chi connectivity index (χ2v) is 12.7. The Labute approximate surface area is 280 Å². The van der Waals surface area contributed by atoms with Crippen LogP contribution in [0, 0.1) is 11.8 Å². The van der Waals surface area contributed by atoms with Crippen LogP contribution >= 0.6 is 27.5 Å². The highest BCUT2D eigenvalue weighted by Crippen LogP contribution is 2.52. The molecule has 0 fully saturated rings. The van der Waals surface area contributed by atoms with Gasteiger partial charge in [0, 0.05) is 44.5 Å². The molecule has 2 aliphatic rings. The fraction of sp³-hybridized carbons (Fsp3) is 0.500. The van der Waals surface area contributed by atoms with Gasteiger partial charge >= 0.3 is 11.9 Å². The van der Waals surface area contributed by atoms with Gasteiger partial charge in [-0.2, -0.15) is 0 Å². The number of rotatable bonds is 14. The SMILES string of the molecule is COc1cc2c(cc1OCCCOc1c(Cl)c3c(c(Br)c1OC)CN(C(=O)C[C@H](C)C(=O)O)C3C)CN(C(=O)C[C@H](C)C(=O)O)C2. The number of carboxylic acids is 2. The van der Waals surface area contributed by atoms with Gasteiger partial charge in [-0.25, -0.2) is 0 Å². The van der Waals surface area contributed by atoms with E-state index in [1.165, 1.54) is 28.1 Å². The number of aliphatic carboxylic acids is 2. The summed E-state index contributed by atoms with van der Waals surface area (Å²) < 4.78 is 23.9. The van der Waals surface area contributed by atoms with Crippen molar-refractivity contribution in [3.8, 4) is 23.0 Å². The summed E-state index contributed by atoms with van der Waals surface area (Å²) in [4.78, 5) is 51.3. The molecule has 0 spiro atoms. The Morgan fingerprint density at radius 3 is 2.02 bits per heavy atom. The van der Waals surface area contributed by atoms with Gasteiger partial charge in [-0.1, -0.05) is 25.4 Å². The van der Waals surface area contributed by atoms with Crippen LogP contribution in [0.5, 0.6) is 23.0 Å². The summed E-state index contributed by atoms with van der Waals surface area (Å²) in [5, 5.41) is 18.7. The topological polar surface area (TPSA) is 152 Å². The van der Waals surface area contributed by atoms with Crippen LogP contribution in [-0.4, -0.2) is 71.2 Å². The number of hydrogen-bond acceptors (Lipinski definition) is 8. The van der Waals surface area contributed by atoms with Crippen molar-refractivity contribution in [3.05, 3.63) is 43.9 Å². The highest BCUT2D eigenvalue weighted by atomic mass is 79.9. The highest BCUT2D eigenvalue weighted by Gasteiger charge is 2.38. The molecule has 12 nitrogen and oxygen atoms in total. The summed E-state index contributed by atoms with van der Waals surface area (Å²) in [6.45, 7) is 6.34. The molecule has 2 amide bonds. The van der Waals surface area contributed by atoms with E-state index in [-0.39, 0.29) is 44.4 Å². The summed E-state index contributed by atoms with van der Waals surface area (Å²) in [7, 11) is 3.03. The first kappa shape index (κ1) is 35.1. The number of carboxylic acid groups (broad SMARTS) is 2. The Kier molecular flexibility index (Phi) is 11.3. The molecule has 2 aromatic rings. The van der Waals surface area contributed by atoms with Gasteiger partial charge in [0.05, 0.1) is 54.8 Å². The number of carbonyl (C=O) groups excluding carboxylic acids is 2. The highest BCUT2D eigenvalue weighted by molar-refractivity contribution is 9.10. The summed E-state index contributed by atoms with van der Waals surface area (Å²) in [6.07, 6.45) is 0.279. The molecule has 2 aromatic carbocycles. The van der Waals surface area contributed by atoms with Crippen LogP contribution in [0.1, 0.15) is 68.3 Å². The molecule has 0 bridgehead atoms. The van der Waals surface area contributed by atoms with Crippen LogP contribution in [0.3, 0.4) is 0 Å². The van der Waals surface area contributed by atoms with Crippen molar-refractivity contribution in [1.29, 1.82) is 0 Å². The second-order valence-electron chi connectivity index (χ2n) is 11.5. The van der Waals surface area contributed by atoms with Crippen molar-refractivity contribution in [2.45, 2.75) is 65.7 Å². The van der Waals surface area contributed by atoms with Gasteiger partial charge < -0.3 is 39.0 Å². The summed E-state index contributed by atoms with van der Waals surface area (Å²) >= 11 is 10.4. The Balaban J connectivity index is 1.39. The van der Waals surface area contributed by atoms with Gasteiger partial charge in [0.15, 0.2) is 23.0 Å². The molecule has 1 unspecified atom stereocenters. The molecule has 14 heteroatoms. The van der Waals surface area contributed by atoms with Gasteiger partial charge in [0.2, 0.25) is 11.8 Å². The average molecular weight is 726 g/mol. The Morgan fingerprint density at radius 1 is 0.891 bits per heavy atom. The van der Waals surface area contributed by atoms with E-state index in [4.69, 9.17) is 35.7 Å². The summed E-state index contributed by atoms with van der Waals surface area (Å²) in [6, 6.07) is 3.27. The lowest BCUT2D eigenvalue weighted by molar-refractivity contribution is -0.146. The molecule has 0 saturated carbocycles. The lowest BCUT2D eigenvalue weighted by Crippen LogP contribution is -2.30. The number of halogens is 2. The molecular formula is C32H38BrClN2O10. The minimum absolute atomic E-state index is 0.0687. The van der Waals surface area contributed by atoms with Crippen molar-refractivity contribution >= 4 is 51.3 Å². The van der Waals surface area contributed by atoms with Crippen LogP contribution in [0.4, 0.5) is 0 Å². The average Bonchev–Trinajstić information content (AvgIpc) is 3.59. The maximum Gasteiger partial charge on any atom is 0.306 e. The Hall–Kier alpha value is -3.71. The quantitative estimate of drug-likeness (QED) is 0.241. The molecule has 2 heterocycles. The molecule has 46 heavy (non-hydrogen) atoms. The zero-order valence-corrected chi connectivity index (χ0v) is 28.7. The minimum Gasteiger partial charge on any atom is -0.493 e. The number of methoxy groups -OCH3 is 2. The van der Waals surface area contributed by atoms with E-state index in [1.807, 2.05) is 19.1 Å². The maximum absolute atomic E-state index is 13.0. The summed E-state index contributed by atoms with van der Waals surface area (Å²) in [5.41, 5.74) is 3.31. The zero-order chi connectivity index (χ0) is 33.9. The summed E-state index contributed by atoms with van der Waals surface area (Å²) in [5.74, 6) is -2.37. The monoisotopic (exact) mass is 724 g/mol. The fourth-order valence-electron chi connectivity index (χ4n) is 5.59.